The van der Waals surface area contributed by atoms with Crippen molar-refractivity contribution in [3.8, 4) is 35.2 Å². The molecule has 232 valence electrons. The summed E-state index contributed by atoms with van der Waals surface area (Å²) in [5.74, 6) is -0.457. The molecule has 4 fully saturated rings. The van der Waals surface area contributed by atoms with Crippen molar-refractivity contribution < 1.29 is 27.4 Å². The molecule has 7 nitrogen and oxygen atoms in total. The molecular weight excluding hydrogens is 586 g/mol. The first-order valence-electron chi connectivity index (χ1n) is 15.4. The number of nitrogens with zero attached hydrogens (tertiary/aromatic N) is 4. The quantitative estimate of drug-likeness (QED) is 0.228. The molecule has 0 saturated carbocycles. The molecule has 4 aliphatic rings. The third-order valence-corrected chi connectivity index (χ3v) is 10.1. The van der Waals surface area contributed by atoms with Crippen molar-refractivity contribution in [2.45, 2.75) is 55.9 Å². The van der Waals surface area contributed by atoms with Gasteiger partial charge in [-0.25, -0.2) is 17.6 Å². The van der Waals surface area contributed by atoms with Crippen LogP contribution >= 0.6 is 0 Å². The van der Waals surface area contributed by atoms with E-state index in [1.54, 1.807) is 6.07 Å². The lowest BCUT2D eigenvalue weighted by Crippen LogP contribution is -2.51. The van der Waals surface area contributed by atoms with Gasteiger partial charge in [-0.2, -0.15) is 9.97 Å². The average Bonchev–Trinajstić information content (AvgIpc) is 3.67. The Kier molecular flexibility index (Phi) is 6.59. The van der Waals surface area contributed by atoms with E-state index in [4.69, 9.17) is 16.1 Å². The molecule has 0 spiro atoms. The number of ether oxygens (including phenoxy) is 1. The fourth-order valence-electron chi connectivity index (χ4n) is 8.07. The van der Waals surface area contributed by atoms with Gasteiger partial charge in [-0.05, 0) is 61.9 Å². The summed E-state index contributed by atoms with van der Waals surface area (Å²) < 4.78 is 67.3. The smallest absolute Gasteiger partial charge is 0.319 e. The number of hydrogen-bond acceptors (Lipinski definition) is 7. The van der Waals surface area contributed by atoms with Gasteiger partial charge < -0.3 is 20.1 Å². The van der Waals surface area contributed by atoms with Gasteiger partial charge in [-0.15, -0.1) is 6.42 Å². The lowest BCUT2D eigenvalue weighted by molar-refractivity contribution is 0.107. The number of benzene rings is 3. The average molecular weight is 618 g/mol. The van der Waals surface area contributed by atoms with E-state index >= 15 is 8.78 Å². The summed E-state index contributed by atoms with van der Waals surface area (Å²) >= 11 is 0. The Hall–Kier alpha value is -4.14. The van der Waals surface area contributed by atoms with E-state index in [0.717, 1.165) is 38.3 Å². The maximum Gasteiger partial charge on any atom is 0.319 e. The van der Waals surface area contributed by atoms with Crippen LogP contribution in [0.15, 0.2) is 30.3 Å². The van der Waals surface area contributed by atoms with Crippen LogP contribution in [0.1, 0.15) is 37.7 Å². The molecule has 0 radical (unpaired) electrons. The van der Waals surface area contributed by atoms with Crippen LogP contribution in [0.2, 0.25) is 0 Å². The Labute approximate surface area is 257 Å². The summed E-state index contributed by atoms with van der Waals surface area (Å²) in [5.41, 5.74) is -0.780. The molecule has 2 N–H and O–H groups in total. The first-order chi connectivity index (χ1) is 21.7. The number of phenols is 1. The number of anilines is 1. The number of terminal acetylenes is 1. The normalized spacial score (nSPS) is 26.1. The van der Waals surface area contributed by atoms with Gasteiger partial charge in [0, 0.05) is 65.6 Å². The molecule has 11 heteroatoms. The summed E-state index contributed by atoms with van der Waals surface area (Å²) in [4.78, 5) is 13.5. The van der Waals surface area contributed by atoms with E-state index in [-0.39, 0.29) is 63.4 Å². The zero-order chi connectivity index (χ0) is 31.0. The van der Waals surface area contributed by atoms with E-state index in [2.05, 4.69) is 26.0 Å². The van der Waals surface area contributed by atoms with Crippen molar-refractivity contribution in [3.63, 3.8) is 0 Å². The summed E-state index contributed by atoms with van der Waals surface area (Å²) in [6, 6.07) is 6.74. The van der Waals surface area contributed by atoms with Crippen LogP contribution in [0.25, 0.3) is 32.8 Å². The van der Waals surface area contributed by atoms with E-state index in [1.807, 2.05) is 0 Å². The predicted octanol–water partition coefficient (Wildman–Crippen LogP) is 5.45. The Balaban J connectivity index is 1.32. The van der Waals surface area contributed by atoms with Crippen molar-refractivity contribution in [2.75, 3.05) is 37.7 Å². The highest BCUT2D eigenvalue weighted by molar-refractivity contribution is 6.03. The monoisotopic (exact) mass is 617 g/mol. The number of aromatic hydroxyl groups is 1. The van der Waals surface area contributed by atoms with E-state index in [1.165, 1.54) is 18.2 Å². The van der Waals surface area contributed by atoms with Gasteiger partial charge in [-0.1, -0.05) is 12.0 Å². The Morgan fingerprint density at radius 3 is 2.64 bits per heavy atom. The van der Waals surface area contributed by atoms with Crippen LogP contribution < -0.4 is 15.0 Å². The Bertz CT molecular complexity index is 1900. The summed E-state index contributed by atoms with van der Waals surface area (Å²) in [6.07, 6.45) is 9.07. The largest absolute Gasteiger partial charge is 0.508 e. The number of aromatic nitrogens is 2. The number of rotatable bonds is 5. The lowest BCUT2D eigenvalue weighted by Gasteiger charge is -2.34. The van der Waals surface area contributed by atoms with Crippen LogP contribution in [0.5, 0.6) is 11.8 Å². The third kappa shape index (κ3) is 4.57. The molecule has 1 aromatic heterocycles. The van der Waals surface area contributed by atoms with Gasteiger partial charge in [-0.3, -0.25) is 4.90 Å². The zero-order valence-electron chi connectivity index (χ0n) is 24.4. The second-order valence-corrected chi connectivity index (χ2v) is 12.8. The number of phenolic OH excluding ortho intramolecular Hbond substituents is 1. The van der Waals surface area contributed by atoms with Crippen LogP contribution in [0, 0.1) is 29.8 Å². The third-order valence-electron chi connectivity index (χ3n) is 10.1. The van der Waals surface area contributed by atoms with E-state index in [0.29, 0.717) is 37.3 Å². The molecular formula is C34H31F4N5O2. The number of piperazine rings is 1. The number of fused-ring (bicyclic) bond motifs is 5. The minimum atomic E-state index is -1.18. The standard InChI is InChI=1S/C34H31F4N5O2/c1-2-18-11-25-31(30(38)27(18)24-12-23(44)10-19-4-7-26(36)29(37)28(19)24)40-33(41-32(25)42-15-21-5-6-22(16-42)39-21)45-17-34-8-3-9-43(34)14-20(35)13-34/h1,4,7,10-12,20-22,39,44H,3,5-6,8-9,13-17H2/t20-,21-,22+,34+/m1/s1. The van der Waals surface area contributed by atoms with Gasteiger partial charge in [0.05, 0.1) is 5.54 Å². The van der Waals surface area contributed by atoms with Gasteiger partial charge in [0.1, 0.15) is 29.9 Å². The first kappa shape index (κ1) is 28.3. The van der Waals surface area contributed by atoms with Crippen LogP contribution in [-0.2, 0) is 0 Å². The van der Waals surface area contributed by atoms with Gasteiger partial charge in [0.25, 0.3) is 0 Å². The molecule has 0 aliphatic carbocycles. The maximum absolute atomic E-state index is 17.0. The minimum absolute atomic E-state index is 0.0526. The number of alkyl halides is 1. The molecule has 5 heterocycles. The maximum atomic E-state index is 17.0. The van der Waals surface area contributed by atoms with Gasteiger partial charge >= 0.3 is 6.01 Å². The first-order valence-corrected chi connectivity index (χ1v) is 15.4. The van der Waals surface area contributed by atoms with Crippen molar-refractivity contribution in [1.29, 1.82) is 0 Å². The molecule has 2 bridgehead atoms. The Morgan fingerprint density at radius 2 is 1.87 bits per heavy atom. The predicted molar refractivity (Wildman–Crippen MR) is 163 cm³/mol. The molecule has 0 unspecified atom stereocenters. The highest BCUT2D eigenvalue weighted by atomic mass is 19.2. The SMILES string of the molecule is C#Cc1cc2c(N3C[C@H]4CC[C@@H](C3)N4)nc(OC[C@@]34CCCN3C[C@H](F)C4)nc2c(F)c1-c1cc(O)cc2ccc(F)c(F)c12. The zero-order valence-corrected chi connectivity index (χ0v) is 24.4. The van der Waals surface area contributed by atoms with Crippen molar-refractivity contribution in [3.05, 3.63) is 53.3 Å². The van der Waals surface area contributed by atoms with E-state index < -0.39 is 29.2 Å². The molecule has 45 heavy (non-hydrogen) atoms. The van der Waals surface area contributed by atoms with Crippen LogP contribution in [-0.4, -0.2) is 76.6 Å². The molecule has 4 atom stereocenters. The molecule has 8 rings (SSSR count). The highest BCUT2D eigenvalue weighted by Gasteiger charge is 2.49. The fraction of sp³-hybridized carbons (Fsp3) is 0.412. The van der Waals surface area contributed by atoms with E-state index in [9.17, 15) is 13.9 Å². The molecule has 3 aromatic carbocycles. The summed E-state index contributed by atoms with van der Waals surface area (Å²) in [5, 5.41) is 14.4. The fourth-order valence-corrected chi connectivity index (χ4v) is 8.07. The minimum Gasteiger partial charge on any atom is -0.508 e. The molecule has 4 saturated heterocycles. The topological polar surface area (TPSA) is 73.8 Å². The number of nitrogens with one attached hydrogen (secondary N) is 1. The molecule has 4 aliphatic heterocycles. The van der Waals surface area contributed by atoms with Gasteiger partial charge in [0.2, 0.25) is 0 Å². The van der Waals surface area contributed by atoms with Crippen LogP contribution in [0.3, 0.4) is 0 Å². The highest BCUT2D eigenvalue weighted by Crippen LogP contribution is 2.43. The van der Waals surface area contributed by atoms with Crippen molar-refractivity contribution in [1.82, 2.24) is 20.2 Å². The van der Waals surface area contributed by atoms with Crippen LogP contribution in [0.4, 0.5) is 23.4 Å². The second kappa shape index (κ2) is 10.5. The number of halogens is 4. The Morgan fingerprint density at radius 1 is 1.07 bits per heavy atom. The lowest BCUT2D eigenvalue weighted by atomic mass is 9.92. The number of hydrogen-bond donors (Lipinski definition) is 2. The summed E-state index contributed by atoms with van der Waals surface area (Å²) in [7, 11) is 0. The molecule has 0 amide bonds. The summed E-state index contributed by atoms with van der Waals surface area (Å²) in [6.45, 7) is 2.58. The van der Waals surface area contributed by atoms with Gasteiger partial charge in [0.15, 0.2) is 17.5 Å². The van der Waals surface area contributed by atoms with Crippen molar-refractivity contribution in [2.24, 2.45) is 0 Å². The molecule has 4 aromatic rings. The van der Waals surface area contributed by atoms with Crippen molar-refractivity contribution >= 4 is 27.5 Å². The second-order valence-electron chi connectivity index (χ2n) is 12.8.